The third kappa shape index (κ3) is 3.13. The highest BCUT2D eigenvalue weighted by atomic mass is 79.9. The lowest BCUT2D eigenvalue weighted by molar-refractivity contribution is -0.161. The predicted octanol–water partition coefficient (Wildman–Crippen LogP) is 3.89. The first-order chi connectivity index (χ1) is 16.8. The fraction of sp³-hybridized carbons (Fsp3) is 0.296. The number of carbonyl (C=O) groups is 1. The van der Waals surface area contributed by atoms with E-state index in [9.17, 15) is 15.0 Å². The zero-order valence-corrected chi connectivity index (χ0v) is 21.0. The smallest absolute Gasteiger partial charge is 0.312 e. The fourth-order valence-corrected chi connectivity index (χ4v) is 6.02. The van der Waals surface area contributed by atoms with Crippen molar-refractivity contribution < 1.29 is 34.0 Å². The molecule has 0 bridgehead atoms. The van der Waals surface area contributed by atoms with Gasteiger partial charge < -0.3 is 29.2 Å². The second-order valence-electron chi connectivity index (χ2n) is 8.70. The minimum Gasteiger partial charge on any atom is -0.496 e. The second-order valence-corrected chi connectivity index (χ2v) is 9.61. The molecule has 5 atom stereocenters. The van der Waals surface area contributed by atoms with Crippen LogP contribution in [0.1, 0.15) is 22.6 Å². The van der Waals surface area contributed by atoms with Gasteiger partial charge in [-0.25, -0.2) is 0 Å². The molecule has 1 aliphatic heterocycles. The van der Waals surface area contributed by atoms with Crippen LogP contribution in [0.3, 0.4) is 0 Å². The van der Waals surface area contributed by atoms with Crippen molar-refractivity contribution in [2.75, 3.05) is 21.3 Å². The molecule has 3 aromatic rings. The van der Waals surface area contributed by atoms with E-state index in [1.54, 1.807) is 12.1 Å². The number of esters is 1. The summed E-state index contributed by atoms with van der Waals surface area (Å²) in [5.74, 6) is -1.54. The van der Waals surface area contributed by atoms with E-state index in [4.69, 9.17) is 18.9 Å². The average molecular weight is 541 g/mol. The highest BCUT2D eigenvalue weighted by Gasteiger charge is 2.78. The summed E-state index contributed by atoms with van der Waals surface area (Å²) in [6.07, 6.45) is -1.58. The number of methoxy groups -OCH3 is 3. The van der Waals surface area contributed by atoms with Crippen molar-refractivity contribution in [2.24, 2.45) is 5.92 Å². The Balaban J connectivity index is 1.89. The summed E-state index contributed by atoms with van der Waals surface area (Å²) in [5.41, 5.74) is -2.11. The van der Waals surface area contributed by atoms with Gasteiger partial charge in [-0.05, 0) is 23.3 Å². The van der Waals surface area contributed by atoms with Gasteiger partial charge in [0.05, 0.1) is 32.8 Å². The number of aliphatic hydroxyl groups excluding tert-OH is 1. The van der Waals surface area contributed by atoms with Crippen LogP contribution in [0.5, 0.6) is 17.2 Å². The molecule has 0 amide bonds. The number of rotatable bonds is 5. The lowest BCUT2D eigenvalue weighted by Gasteiger charge is -2.40. The van der Waals surface area contributed by atoms with Gasteiger partial charge in [0, 0.05) is 22.5 Å². The van der Waals surface area contributed by atoms with Gasteiger partial charge in [0.2, 0.25) is 0 Å². The standard InChI is InChI=1S/C27H25BrO7/c1-32-18-13-19(33-2)23-20(14-18)35-27(16-9-11-17(28)12-10-16)22(15-7-5-4-6-8-15)21(25(30)34-3)24(29)26(23,27)31/h4-14,21-22,24,29,31H,1-3H3/t21-,22-,24-,26+,27+/m1/s1. The molecule has 0 unspecified atom stereocenters. The third-order valence-corrected chi connectivity index (χ3v) is 7.71. The molecule has 2 N–H and O–H groups in total. The van der Waals surface area contributed by atoms with Crippen molar-refractivity contribution in [2.45, 2.75) is 23.2 Å². The summed E-state index contributed by atoms with van der Waals surface area (Å²) in [6.45, 7) is 0. The highest BCUT2D eigenvalue weighted by Crippen LogP contribution is 2.70. The van der Waals surface area contributed by atoms with Crippen LogP contribution in [0.2, 0.25) is 0 Å². The molecule has 1 fully saturated rings. The van der Waals surface area contributed by atoms with Crippen molar-refractivity contribution in [3.63, 3.8) is 0 Å². The van der Waals surface area contributed by atoms with Crippen LogP contribution in [0.25, 0.3) is 0 Å². The van der Waals surface area contributed by atoms with Crippen LogP contribution in [-0.4, -0.2) is 43.6 Å². The number of aliphatic hydroxyl groups is 2. The molecule has 5 rings (SSSR count). The number of carbonyl (C=O) groups excluding carboxylic acids is 1. The largest absolute Gasteiger partial charge is 0.496 e. The van der Waals surface area contributed by atoms with Crippen LogP contribution in [0.15, 0.2) is 71.2 Å². The summed E-state index contributed by atoms with van der Waals surface area (Å²) in [6, 6.07) is 19.8. The van der Waals surface area contributed by atoms with Crippen LogP contribution in [0, 0.1) is 5.92 Å². The van der Waals surface area contributed by atoms with E-state index < -0.39 is 35.1 Å². The topological polar surface area (TPSA) is 94.5 Å². The fourth-order valence-electron chi connectivity index (χ4n) is 5.76. The van der Waals surface area contributed by atoms with Gasteiger partial charge in [0.25, 0.3) is 0 Å². The van der Waals surface area contributed by atoms with Crippen LogP contribution in [0.4, 0.5) is 0 Å². The third-order valence-electron chi connectivity index (χ3n) is 7.18. The molecule has 0 spiro atoms. The molecule has 0 radical (unpaired) electrons. The van der Waals surface area contributed by atoms with Gasteiger partial charge in [0.15, 0.2) is 11.2 Å². The summed E-state index contributed by atoms with van der Waals surface area (Å²) in [7, 11) is 4.25. The van der Waals surface area contributed by atoms with E-state index >= 15 is 0 Å². The van der Waals surface area contributed by atoms with Crippen molar-refractivity contribution in [3.8, 4) is 17.2 Å². The molecule has 35 heavy (non-hydrogen) atoms. The maximum Gasteiger partial charge on any atom is 0.312 e. The first-order valence-corrected chi connectivity index (χ1v) is 11.9. The number of ether oxygens (including phenoxy) is 4. The second kappa shape index (κ2) is 8.55. The molecule has 0 aromatic heterocycles. The maximum atomic E-state index is 13.2. The van der Waals surface area contributed by atoms with Crippen LogP contribution < -0.4 is 14.2 Å². The van der Waals surface area contributed by atoms with E-state index in [1.807, 2.05) is 54.6 Å². The highest BCUT2D eigenvalue weighted by molar-refractivity contribution is 9.10. The number of fused-ring (bicyclic) bond motifs is 3. The van der Waals surface area contributed by atoms with E-state index in [0.29, 0.717) is 22.6 Å². The molecule has 3 aromatic carbocycles. The number of halogens is 1. The minimum atomic E-state index is -2.06. The zero-order chi connectivity index (χ0) is 25.0. The minimum absolute atomic E-state index is 0.253. The number of benzene rings is 3. The van der Waals surface area contributed by atoms with Crippen LogP contribution >= 0.6 is 15.9 Å². The Bertz CT molecular complexity index is 1260. The average Bonchev–Trinajstić information content (AvgIpc) is 3.26. The molecule has 1 heterocycles. The van der Waals surface area contributed by atoms with Crippen molar-refractivity contribution in [3.05, 3.63) is 87.9 Å². The maximum absolute atomic E-state index is 13.2. The molecular weight excluding hydrogens is 516 g/mol. The van der Waals surface area contributed by atoms with Crippen LogP contribution in [-0.2, 0) is 20.7 Å². The van der Waals surface area contributed by atoms with Gasteiger partial charge in [-0.2, -0.15) is 0 Å². The quantitative estimate of drug-likeness (QED) is 0.474. The van der Waals surface area contributed by atoms with Crippen molar-refractivity contribution in [1.82, 2.24) is 0 Å². The Kier molecular flexibility index (Phi) is 5.78. The predicted molar refractivity (Wildman–Crippen MR) is 131 cm³/mol. The zero-order valence-electron chi connectivity index (χ0n) is 19.4. The van der Waals surface area contributed by atoms with Gasteiger partial charge in [-0.3, -0.25) is 4.79 Å². The SMILES string of the molecule is COC(=O)[C@H]1[C@@H](O)[C@@]2(O)c3c(OC)cc(OC)cc3O[C@@]2(c2ccc(Br)cc2)[C@@H]1c1ccccc1. The molecule has 1 aliphatic carbocycles. The van der Waals surface area contributed by atoms with E-state index in [-0.39, 0.29) is 11.3 Å². The van der Waals surface area contributed by atoms with Gasteiger partial charge in [0.1, 0.15) is 23.4 Å². The Hall–Kier alpha value is -3.07. The molecular formula is C27H25BrO7. The molecule has 182 valence electrons. The Morgan fingerprint density at radius 3 is 2.29 bits per heavy atom. The molecule has 7 nitrogen and oxygen atoms in total. The van der Waals surface area contributed by atoms with Gasteiger partial charge in [-0.1, -0.05) is 58.4 Å². The normalized spacial score (nSPS) is 28.6. The van der Waals surface area contributed by atoms with E-state index in [0.717, 1.165) is 4.47 Å². The summed E-state index contributed by atoms with van der Waals surface area (Å²) in [5, 5.41) is 24.4. The van der Waals surface area contributed by atoms with E-state index in [1.165, 1.54) is 21.3 Å². The van der Waals surface area contributed by atoms with Gasteiger partial charge >= 0.3 is 5.97 Å². The molecule has 1 saturated carbocycles. The van der Waals surface area contributed by atoms with E-state index in [2.05, 4.69) is 15.9 Å². The van der Waals surface area contributed by atoms with Crippen molar-refractivity contribution >= 4 is 21.9 Å². The lowest BCUT2D eigenvalue weighted by Crippen LogP contribution is -2.52. The number of hydrogen-bond donors (Lipinski definition) is 2. The molecule has 2 aliphatic rings. The monoisotopic (exact) mass is 540 g/mol. The summed E-state index contributed by atoms with van der Waals surface area (Å²) >= 11 is 3.46. The summed E-state index contributed by atoms with van der Waals surface area (Å²) < 4.78 is 23.7. The molecule has 8 heteroatoms. The first-order valence-electron chi connectivity index (χ1n) is 11.1. The van der Waals surface area contributed by atoms with Crippen molar-refractivity contribution in [1.29, 1.82) is 0 Å². The first kappa shape index (κ1) is 23.7. The number of hydrogen-bond acceptors (Lipinski definition) is 7. The Morgan fingerprint density at radius 1 is 1.00 bits per heavy atom. The summed E-state index contributed by atoms with van der Waals surface area (Å²) in [4.78, 5) is 13.2. The Labute approximate surface area is 211 Å². The molecule has 0 saturated heterocycles. The van der Waals surface area contributed by atoms with Gasteiger partial charge in [-0.15, -0.1) is 0 Å². The Morgan fingerprint density at radius 2 is 1.69 bits per heavy atom. The lowest BCUT2D eigenvalue weighted by atomic mass is 9.70.